The summed E-state index contributed by atoms with van der Waals surface area (Å²) >= 11 is 0. The van der Waals surface area contributed by atoms with Crippen LogP contribution in [-0.4, -0.2) is 19.7 Å². The van der Waals surface area contributed by atoms with Crippen molar-refractivity contribution in [2.24, 2.45) is 18.8 Å². The van der Waals surface area contributed by atoms with E-state index in [0.29, 0.717) is 11.7 Å². The maximum absolute atomic E-state index is 5.54. The van der Waals surface area contributed by atoms with Crippen molar-refractivity contribution in [3.05, 3.63) is 24.3 Å². The zero-order valence-corrected chi connectivity index (χ0v) is 11.9. The molecule has 0 saturated heterocycles. The van der Waals surface area contributed by atoms with Crippen LogP contribution in [0.15, 0.2) is 18.5 Å². The van der Waals surface area contributed by atoms with Gasteiger partial charge in [0, 0.05) is 30.8 Å². The molecule has 1 fully saturated rings. The molecule has 0 aromatic carbocycles. The second-order valence-corrected chi connectivity index (χ2v) is 5.66. The molecule has 20 heavy (non-hydrogen) atoms. The summed E-state index contributed by atoms with van der Waals surface area (Å²) in [6, 6.07) is 1.86. The number of rotatable bonds is 3. The average Bonchev–Trinajstić information content (AvgIpc) is 3.07. The van der Waals surface area contributed by atoms with Gasteiger partial charge in [-0.15, -0.1) is 0 Å². The molecule has 3 N–H and O–H groups in total. The maximum Gasteiger partial charge on any atom is 0.144 e. The van der Waals surface area contributed by atoms with E-state index in [1.807, 2.05) is 25.5 Å². The van der Waals surface area contributed by atoms with Gasteiger partial charge in [-0.25, -0.2) is 15.8 Å². The number of anilines is 1. The summed E-state index contributed by atoms with van der Waals surface area (Å²) in [4.78, 5) is 9.25. The molecule has 0 amide bonds. The minimum Gasteiger partial charge on any atom is -0.308 e. The predicted octanol–water partition coefficient (Wildman–Crippen LogP) is 2.07. The summed E-state index contributed by atoms with van der Waals surface area (Å²) in [7, 11) is 1.90. The lowest BCUT2D eigenvalue weighted by Crippen LogP contribution is -2.12. The molecule has 2 aromatic rings. The van der Waals surface area contributed by atoms with E-state index in [0.717, 1.165) is 35.8 Å². The van der Waals surface area contributed by atoms with E-state index in [1.165, 1.54) is 6.42 Å². The minimum absolute atomic E-state index is 0.439. The smallest absolute Gasteiger partial charge is 0.144 e. The molecule has 0 spiro atoms. The molecular formula is C14H20N6. The lowest BCUT2D eigenvalue weighted by atomic mass is 10.1. The van der Waals surface area contributed by atoms with Crippen LogP contribution in [0.1, 0.15) is 37.9 Å². The van der Waals surface area contributed by atoms with Crippen molar-refractivity contribution in [3.8, 4) is 11.3 Å². The molecule has 1 saturated carbocycles. The Kier molecular flexibility index (Phi) is 3.40. The third-order valence-electron chi connectivity index (χ3n) is 3.95. The largest absolute Gasteiger partial charge is 0.308 e. The number of nitrogens with zero attached hydrogens (tertiary/aromatic N) is 4. The first-order chi connectivity index (χ1) is 9.65. The molecule has 0 bridgehead atoms. The zero-order chi connectivity index (χ0) is 14.1. The van der Waals surface area contributed by atoms with Crippen LogP contribution in [0.2, 0.25) is 0 Å². The fraction of sp³-hybridized carbons (Fsp3) is 0.500. The molecule has 6 heteroatoms. The number of hydrogen-bond acceptors (Lipinski definition) is 5. The molecule has 106 valence electrons. The second kappa shape index (κ2) is 5.20. The number of aromatic nitrogens is 4. The van der Waals surface area contributed by atoms with Gasteiger partial charge >= 0.3 is 0 Å². The lowest BCUT2D eigenvalue weighted by molar-refractivity contribution is 0.586. The molecule has 6 nitrogen and oxygen atoms in total. The first-order valence-corrected chi connectivity index (χ1v) is 7.00. The van der Waals surface area contributed by atoms with Gasteiger partial charge in [0.2, 0.25) is 0 Å². The van der Waals surface area contributed by atoms with Gasteiger partial charge in [-0.1, -0.05) is 6.92 Å². The number of nitrogens with two attached hydrogens (primary N) is 1. The van der Waals surface area contributed by atoms with Gasteiger partial charge in [-0.3, -0.25) is 4.68 Å². The Labute approximate surface area is 118 Å². The number of hydrogen-bond donors (Lipinski definition) is 2. The fourth-order valence-corrected chi connectivity index (χ4v) is 2.87. The number of aryl methyl sites for hydroxylation is 1. The van der Waals surface area contributed by atoms with Gasteiger partial charge in [0.05, 0.1) is 11.9 Å². The van der Waals surface area contributed by atoms with Crippen molar-refractivity contribution in [1.82, 2.24) is 19.7 Å². The molecule has 2 aromatic heterocycles. The lowest BCUT2D eigenvalue weighted by Gasteiger charge is -2.11. The normalized spacial score (nSPS) is 22.1. The third-order valence-corrected chi connectivity index (χ3v) is 3.95. The minimum atomic E-state index is 0.439. The summed E-state index contributed by atoms with van der Waals surface area (Å²) < 4.78 is 1.77. The van der Waals surface area contributed by atoms with Gasteiger partial charge in [0.15, 0.2) is 0 Å². The Morgan fingerprint density at radius 1 is 1.35 bits per heavy atom. The van der Waals surface area contributed by atoms with Crippen molar-refractivity contribution < 1.29 is 0 Å². The van der Waals surface area contributed by atoms with Crippen molar-refractivity contribution in [2.75, 3.05) is 5.43 Å². The topological polar surface area (TPSA) is 81.6 Å². The van der Waals surface area contributed by atoms with E-state index >= 15 is 0 Å². The number of nitrogen functional groups attached to an aromatic ring is 1. The van der Waals surface area contributed by atoms with Crippen molar-refractivity contribution >= 4 is 5.82 Å². The van der Waals surface area contributed by atoms with Gasteiger partial charge in [-0.05, 0) is 25.2 Å². The molecule has 2 atom stereocenters. The highest BCUT2D eigenvalue weighted by Crippen LogP contribution is 2.37. The van der Waals surface area contributed by atoms with Crippen molar-refractivity contribution in [3.63, 3.8) is 0 Å². The molecule has 3 rings (SSSR count). The Morgan fingerprint density at radius 3 is 2.80 bits per heavy atom. The SMILES string of the molecule is CC1CCC(c2nc(NN)cc(-c3cnn(C)c3)n2)C1. The highest BCUT2D eigenvalue weighted by molar-refractivity contribution is 5.60. The van der Waals surface area contributed by atoms with Crippen LogP contribution in [0, 0.1) is 5.92 Å². The highest BCUT2D eigenvalue weighted by Gasteiger charge is 2.25. The van der Waals surface area contributed by atoms with E-state index in [2.05, 4.69) is 22.4 Å². The third kappa shape index (κ3) is 2.51. The van der Waals surface area contributed by atoms with Crippen LogP contribution in [0.25, 0.3) is 11.3 Å². The number of hydrazine groups is 1. The standard InChI is InChI=1S/C14H20N6/c1-9-3-4-10(5-9)14-17-12(6-13(18-14)19-15)11-7-16-20(2)8-11/h6-10H,3-5,15H2,1-2H3,(H,17,18,19). The predicted molar refractivity (Wildman–Crippen MR) is 77.8 cm³/mol. The molecule has 2 heterocycles. The van der Waals surface area contributed by atoms with Crippen LogP contribution in [0.3, 0.4) is 0 Å². The molecule has 2 unspecified atom stereocenters. The molecule has 1 aliphatic rings. The van der Waals surface area contributed by atoms with Gasteiger partial charge in [0.25, 0.3) is 0 Å². The monoisotopic (exact) mass is 272 g/mol. The Morgan fingerprint density at radius 2 is 2.20 bits per heavy atom. The zero-order valence-electron chi connectivity index (χ0n) is 11.9. The first-order valence-electron chi connectivity index (χ1n) is 7.00. The molecule has 0 radical (unpaired) electrons. The molecule has 0 aliphatic heterocycles. The summed E-state index contributed by atoms with van der Waals surface area (Å²) in [6.45, 7) is 2.28. The van der Waals surface area contributed by atoms with Crippen LogP contribution in [0.4, 0.5) is 5.82 Å². The van der Waals surface area contributed by atoms with Crippen LogP contribution in [0.5, 0.6) is 0 Å². The first kappa shape index (κ1) is 13.1. The Hall–Kier alpha value is -1.95. The van der Waals surface area contributed by atoms with Crippen LogP contribution < -0.4 is 11.3 Å². The van der Waals surface area contributed by atoms with Gasteiger partial charge in [0.1, 0.15) is 11.6 Å². The van der Waals surface area contributed by atoms with E-state index in [4.69, 9.17) is 10.8 Å². The van der Waals surface area contributed by atoms with Crippen molar-refractivity contribution in [2.45, 2.75) is 32.1 Å². The average molecular weight is 272 g/mol. The summed E-state index contributed by atoms with van der Waals surface area (Å²) in [6.07, 6.45) is 7.31. The Balaban J connectivity index is 1.98. The van der Waals surface area contributed by atoms with E-state index in [9.17, 15) is 0 Å². The summed E-state index contributed by atoms with van der Waals surface area (Å²) in [5.41, 5.74) is 4.50. The van der Waals surface area contributed by atoms with Crippen LogP contribution in [-0.2, 0) is 7.05 Å². The van der Waals surface area contributed by atoms with E-state index in [1.54, 1.807) is 4.68 Å². The fourth-order valence-electron chi connectivity index (χ4n) is 2.87. The highest BCUT2D eigenvalue weighted by atomic mass is 15.3. The Bertz CT molecular complexity index is 605. The van der Waals surface area contributed by atoms with Gasteiger partial charge < -0.3 is 5.43 Å². The second-order valence-electron chi connectivity index (χ2n) is 5.66. The van der Waals surface area contributed by atoms with Crippen molar-refractivity contribution in [1.29, 1.82) is 0 Å². The summed E-state index contributed by atoms with van der Waals surface area (Å²) in [5, 5.41) is 4.19. The maximum atomic E-state index is 5.54. The van der Waals surface area contributed by atoms with E-state index < -0.39 is 0 Å². The number of nitrogens with one attached hydrogen (secondary N) is 1. The summed E-state index contributed by atoms with van der Waals surface area (Å²) in [5.74, 6) is 8.28. The molecular weight excluding hydrogens is 252 g/mol. The quantitative estimate of drug-likeness (QED) is 0.660. The van der Waals surface area contributed by atoms with Gasteiger partial charge in [-0.2, -0.15) is 5.10 Å². The molecule has 1 aliphatic carbocycles. The van der Waals surface area contributed by atoms with E-state index in [-0.39, 0.29) is 0 Å². The van der Waals surface area contributed by atoms with Crippen LogP contribution >= 0.6 is 0 Å².